The highest BCUT2D eigenvalue weighted by Gasteiger charge is 2.28. The van der Waals surface area contributed by atoms with Gasteiger partial charge in [-0.25, -0.2) is 4.98 Å². The molecule has 1 aromatic carbocycles. The summed E-state index contributed by atoms with van der Waals surface area (Å²) in [7, 11) is 0. The average Bonchev–Trinajstić information content (AvgIpc) is 3.19. The number of amides is 1. The number of hydrogen-bond acceptors (Lipinski definition) is 5. The minimum absolute atomic E-state index is 0.0370. The lowest BCUT2D eigenvalue weighted by atomic mass is 9.96. The van der Waals surface area contributed by atoms with E-state index in [0.29, 0.717) is 40.5 Å². The standard InChI is InChI=1S/C19H16Cl2N4O2/c20-15-4-1-12(2-5-15)17-23-18(27-24-17)13-7-9-25(10-8-13)19(26)14-3-6-16(21)22-11-14/h1-6,11,13H,7-10H2. The van der Waals surface area contributed by atoms with Gasteiger partial charge in [-0.1, -0.05) is 28.4 Å². The molecule has 1 aliphatic rings. The van der Waals surface area contributed by atoms with Crippen molar-refractivity contribution in [3.8, 4) is 11.4 Å². The lowest BCUT2D eigenvalue weighted by Crippen LogP contribution is -2.38. The van der Waals surface area contributed by atoms with Crippen molar-refractivity contribution < 1.29 is 9.32 Å². The molecule has 1 aliphatic heterocycles. The van der Waals surface area contributed by atoms with Crippen molar-refractivity contribution in [2.24, 2.45) is 0 Å². The van der Waals surface area contributed by atoms with E-state index in [4.69, 9.17) is 27.7 Å². The Bertz CT molecular complexity index is 933. The number of piperidine rings is 1. The van der Waals surface area contributed by atoms with E-state index in [9.17, 15) is 4.79 Å². The number of halogens is 2. The normalized spacial score (nSPS) is 15.1. The van der Waals surface area contributed by atoms with Crippen LogP contribution >= 0.6 is 23.2 Å². The van der Waals surface area contributed by atoms with Gasteiger partial charge in [0.15, 0.2) is 0 Å². The summed E-state index contributed by atoms with van der Waals surface area (Å²) in [5, 5.41) is 5.11. The second-order valence-corrected chi connectivity index (χ2v) is 7.22. The molecular weight excluding hydrogens is 387 g/mol. The third-order valence-corrected chi connectivity index (χ3v) is 5.13. The maximum atomic E-state index is 12.6. The number of nitrogens with zero attached hydrogens (tertiary/aromatic N) is 4. The second kappa shape index (κ2) is 7.66. The molecule has 4 rings (SSSR count). The minimum Gasteiger partial charge on any atom is -0.339 e. The molecule has 8 heteroatoms. The van der Waals surface area contributed by atoms with Crippen molar-refractivity contribution in [3.63, 3.8) is 0 Å². The maximum Gasteiger partial charge on any atom is 0.255 e. The van der Waals surface area contributed by atoms with Gasteiger partial charge in [-0.3, -0.25) is 4.79 Å². The third-order valence-electron chi connectivity index (χ3n) is 4.65. The maximum absolute atomic E-state index is 12.6. The monoisotopic (exact) mass is 402 g/mol. The topological polar surface area (TPSA) is 72.1 Å². The predicted octanol–water partition coefficient (Wildman–Crippen LogP) is 4.46. The van der Waals surface area contributed by atoms with Gasteiger partial charge >= 0.3 is 0 Å². The number of rotatable bonds is 3. The zero-order valence-corrected chi connectivity index (χ0v) is 15.8. The van der Waals surface area contributed by atoms with Gasteiger partial charge in [-0.15, -0.1) is 0 Å². The largest absolute Gasteiger partial charge is 0.339 e. The fraction of sp³-hybridized carbons (Fsp3) is 0.263. The van der Waals surface area contributed by atoms with Crippen molar-refractivity contribution in [2.75, 3.05) is 13.1 Å². The van der Waals surface area contributed by atoms with Crippen LogP contribution in [-0.4, -0.2) is 39.0 Å². The lowest BCUT2D eigenvalue weighted by Gasteiger charge is -2.30. The van der Waals surface area contributed by atoms with E-state index in [2.05, 4.69) is 15.1 Å². The Labute approximate surface area is 166 Å². The zero-order chi connectivity index (χ0) is 18.8. The molecule has 138 valence electrons. The van der Waals surface area contributed by atoms with Crippen molar-refractivity contribution in [3.05, 3.63) is 64.2 Å². The molecule has 1 saturated heterocycles. The smallest absolute Gasteiger partial charge is 0.255 e. The van der Waals surface area contributed by atoms with Crippen molar-refractivity contribution in [1.29, 1.82) is 0 Å². The lowest BCUT2D eigenvalue weighted by molar-refractivity contribution is 0.0704. The van der Waals surface area contributed by atoms with Crippen LogP contribution in [0.5, 0.6) is 0 Å². The molecule has 2 aromatic heterocycles. The molecule has 0 N–H and O–H groups in total. The first kappa shape index (κ1) is 17.9. The highest BCUT2D eigenvalue weighted by molar-refractivity contribution is 6.30. The summed E-state index contributed by atoms with van der Waals surface area (Å²) in [6.07, 6.45) is 3.05. The van der Waals surface area contributed by atoms with Gasteiger partial charge in [0.05, 0.1) is 5.56 Å². The quantitative estimate of drug-likeness (QED) is 0.604. The molecule has 0 unspecified atom stereocenters. The minimum atomic E-state index is -0.0370. The molecule has 0 radical (unpaired) electrons. The summed E-state index contributed by atoms with van der Waals surface area (Å²) in [5.74, 6) is 1.27. The Balaban J connectivity index is 1.40. The number of carbonyl (C=O) groups excluding carboxylic acids is 1. The molecule has 27 heavy (non-hydrogen) atoms. The molecule has 0 spiro atoms. The third kappa shape index (κ3) is 3.96. The van der Waals surface area contributed by atoms with E-state index in [0.717, 1.165) is 18.4 Å². The number of likely N-dealkylation sites (tertiary alicyclic amines) is 1. The fourth-order valence-electron chi connectivity index (χ4n) is 3.13. The molecule has 3 aromatic rings. The zero-order valence-electron chi connectivity index (χ0n) is 14.3. The van der Waals surface area contributed by atoms with Crippen molar-refractivity contribution >= 4 is 29.1 Å². The average molecular weight is 403 g/mol. The van der Waals surface area contributed by atoms with E-state index in [1.54, 1.807) is 24.3 Å². The number of carbonyl (C=O) groups is 1. The highest BCUT2D eigenvalue weighted by atomic mass is 35.5. The molecule has 0 bridgehead atoms. The Kier molecular flexibility index (Phi) is 5.09. The van der Waals surface area contributed by atoms with Gasteiger partial charge in [0.25, 0.3) is 5.91 Å². The SMILES string of the molecule is O=C(c1ccc(Cl)nc1)N1CCC(c2nc(-c3ccc(Cl)cc3)no2)CC1. The Morgan fingerprint density at radius 1 is 1.07 bits per heavy atom. The first-order valence-electron chi connectivity index (χ1n) is 8.60. The van der Waals surface area contributed by atoms with Crippen LogP contribution in [-0.2, 0) is 0 Å². The van der Waals surface area contributed by atoms with Gasteiger partial charge < -0.3 is 9.42 Å². The molecule has 0 atom stereocenters. The van der Waals surface area contributed by atoms with Crippen LogP contribution in [0.3, 0.4) is 0 Å². The van der Waals surface area contributed by atoms with Gasteiger partial charge in [-0.05, 0) is 49.2 Å². The molecule has 1 fully saturated rings. The molecule has 6 nitrogen and oxygen atoms in total. The molecule has 1 amide bonds. The van der Waals surface area contributed by atoms with E-state index < -0.39 is 0 Å². The summed E-state index contributed by atoms with van der Waals surface area (Å²) in [5.41, 5.74) is 1.40. The molecule has 3 heterocycles. The highest BCUT2D eigenvalue weighted by Crippen LogP contribution is 2.29. The fourth-order valence-corrected chi connectivity index (χ4v) is 3.37. The summed E-state index contributed by atoms with van der Waals surface area (Å²) in [4.78, 5) is 22.9. The number of aromatic nitrogens is 3. The van der Waals surface area contributed by atoms with E-state index in [1.807, 2.05) is 17.0 Å². The Morgan fingerprint density at radius 3 is 2.48 bits per heavy atom. The van der Waals surface area contributed by atoms with Gasteiger partial charge in [0.1, 0.15) is 5.15 Å². The Hall–Kier alpha value is -2.44. The van der Waals surface area contributed by atoms with Crippen molar-refractivity contribution in [2.45, 2.75) is 18.8 Å². The van der Waals surface area contributed by atoms with Crippen LogP contribution in [0.4, 0.5) is 0 Å². The van der Waals surface area contributed by atoms with Crippen LogP contribution < -0.4 is 0 Å². The number of benzene rings is 1. The van der Waals surface area contributed by atoms with Gasteiger partial charge in [0, 0.05) is 35.8 Å². The number of hydrogen-bond donors (Lipinski definition) is 0. The summed E-state index contributed by atoms with van der Waals surface area (Å²) < 4.78 is 5.46. The summed E-state index contributed by atoms with van der Waals surface area (Å²) in [6, 6.07) is 10.6. The Morgan fingerprint density at radius 2 is 1.81 bits per heavy atom. The first-order chi connectivity index (χ1) is 13.1. The second-order valence-electron chi connectivity index (χ2n) is 6.40. The van der Waals surface area contributed by atoms with Crippen LogP contribution in [0.2, 0.25) is 10.2 Å². The van der Waals surface area contributed by atoms with Crippen LogP contribution in [0, 0.1) is 0 Å². The van der Waals surface area contributed by atoms with Gasteiger partial charge in [0.2, 0.25) is 11.7 Å². The van der Waals surface area contributed by atoms with Crippen molar-refractivity contribution in [1.82, 2.24) is 20.0 Å². The first-order valence-corrected chi connectivity index (χ1v) is 9.36. The molecule has 0 saturated carbocycles. The number of pyridine rings is 1. The van der Waals surface area contributed by atoms with Crippen LogP contribution in [0.25, 0.3) is 11.4 Å². The molecular formula is C19H16Cl2N4O2. The van der Waals surface area contributed by atoms with Crippen LogP contribution in [0.15, 0.2) is 47.1 Å². The van der Waals surface area contributed by atoms with E-state index >= 15 is 0 Å². The van der Waals surface area contributed by atoms with E-state index in [-0.39, 0.29) is 11.8 Å². The molecule has 0 aliphatic carbocycles. The summed E-state index contributed by atoms with van der Waals surface area (Å²) in [6.45, 7) is 1.26. The van der Waals surface area contributed by atoms with Gasteiger partial charge in [-0.2, -0.15) is 4.98 Å². The predicted molar refractivity (Wildman–Crippen MR) is 102 cm³/mol. The van der Waals surface area contributed by atoms with E-state index in [1.165, 1.54) is 6.20 Å². The summed E-state index contributed by atoms with van der Waals surface area (Å²) >= 11 is 11.7. The van der Waals surface area contributed by atoms with Crippen LogP contribution in [0.1, 0.15) is 35.0 Å².